The van der Waals surface area contributed by atoms with E-state index in [1.807, 2.05) is 0 Å². The van der Waals surface area contributed by atoms with Crippen LogP contribution in [-0.4, -0.2) is 49.7 Å². The van der Waals surface area contributed by atoms with Crippen molar-refractivity contribution in [3.8, 4) is 0 Å². The first kappa shape index (κ1) is 18.7. The van der Waals surface area contributed by atoms with Crippen molar-refractivity contribution in [1.29, 1.82) is 0 Å². The summed E-state index contributed by atoms with van der Waals surface area (Å²) in [6.07, 6.45) is 13.0. The van der Waals surface area contributed by atoms with Gasteiger partial charge in [0.1, 0.15) is 0 Å². The van der Waals surface area contributed by atoms with Gasteiger partial charge in [-0.05, 0) is 45.1 Å². The SMILES string of the molecule is CC1CCCCC1N(C)CC(=O)NCCCOC1CCCCC1. The third kappa shape index (κ3) is 6.80. The van der Waals surface area contributed by atoms with E-state index in [0.29, 0.717) is 24.6 Å². The fourth-order valence-corrected chi connectivity index (χ4v) is 4.13. The molecule has 2 fully saturated rings. The van der Waals surface area contributed by atoms with Crippen LogP contribution >= 0.6 is 0 Å². The Morgan fingerprint density at radius 3 is 2.52 bits per heavy atom. The Morgan fingerprint density at radius 1 is 1.09 bits per heavy atom. The second-order valence-corrected chi connectivity index (χ2v) is 7.58. The summed E-state index contributed by atoms with van der Waals surface area (Å²) in [4.78, 5) is 14.3. The highest BCUT2D eigenvalue weighted by atomic mass is 16.5. The molecular formula is C19H36N2O2. The Hall–Kier alpha value is -0.610. The Balaban J connectivity index is 1.52. The molecule has 2 aliphatic carbocycles. The molecule has 0 bridgehead atoms. The molecule has 2 aliphatic rings. The Bertz CT molecular complexity index is 342. The minimum atomic E-state index is 0.155. The molecule has 134 valence electrons. The second kappa shape index (κ2) is 10.3. The lowest BCUT2D eigenvalue weighted by Gasteiger charge is -2.35. The third-order valence-corrected chi connectivity index (χ3v) is 5.57. The van der Waals surface area contributed by atoms with Crippen LogP contribution in [0.15, 0.2) is 0 Å². The fraction of sp³-hybridized carbons (Fsp3) is 0.947. The predicted octanol–water partition coefficient (Wildman–Crippen LogP) is 3.35. The Labute approximate surface area is 142 Å². The highest BCUT2D eigenvalue weighted by molar-refractivity contribution is 5.77. The van der Waals surface area contributed by atoms with Crippen molar-refractivity contribution in [1.82, 2.24) is 10.2 Å². The largest absolute Gasteiger partial charge is 0.378 e. The van der Waals surface area contributed by atoms with Crippen molar-refractivity contribution in [2.24, 2.45) is 5.92 Å². The van der Waals surface area contributed by atoms with Gasteiger partial charge < -0.3 is 10.1 Å². The van der Waals surface area contributed by atoms with Gasteiger partial charge in [-0.3, -0.25) is 9.69 Å². The number of carbonyl (C=O) groups excluding carboxylic acids is 1. The molecule has 0 spiro atoms. The van der Waals surface area contributed by atoms with Crippen LogP contribution in [0.1, 0.15) is 71.1 Å². The van der Waals surface area contributed by atoms with E-state index in [1.54, 1.807) is 0 Å². The minimum Gasteiger partial charge on any atom is -0.378 e. The molecule has 2 atom stereocenters. The van der Waals surface area contributed by atoms with Crippen molar-refractivity contribution >= 4 is 5.91 Å². The van der Waals surface area contributed by atoms with Crippen LogP contribution in [-0.2, 0) is 9.53 Å². The zero-order chi connectivity index (χ0) is 16.5. The summed E-state index contributed by atoms with van der Waals surface area (Å²) >= 11 is 0. The molecule has 0 aromatic rings. The van der Waals surface area contributed by atoms with Crippen molar-refractivity contribution < 1.29 is 9.53 Å². The van der Waals surface area contributed by atoms with Gasteiger partial charge in [0.15, 0.2) is 0 Å². The number of hydrogen-bond donors (Lipinski definition) is 1. The van der Waals surface area contributed by atoms with E-state index in [4.69, 9.17) is 4.74 Å². The normalized spacial score (nSPS) is 26.4. The molecular weight excluding hydrogens is 288 g/mol. The van der Waals surface area contributed by atoms with Gasteiger partial charge in [0.2, 0.25) is 5.91 Å². The third-order valence-electron chi connectivity index (χ3n) is 5.57. The van der Waals surface area contributed by atoms with Gasteiger partial charge in [-0.1, -0.05) is 39.0 Å². The second-order valence-electron chi connectivity index (χ2n) is 7.58. The lowest BCUT2D eigenvalue weighted by Crippen LogP contribution is -2.44. The molecule has 23 heavy (non-hydrogen) atoms. The molecule has 1 amide bonds. The van der Waals surface area contributed by atoms with E-state index in [9.17, 15) is 4.79 Å². The number of ether oxygens (including phenoxy) is 1. The van der Waals surface area contributed by atoms with Crippen LogP contribution in [0.4, 0.5) is 0 Å². The Kier molecular flexibility index (Phi) is 8.38. The predicted molar refractivity (Wildman–Crippen MR) is 94.5 cm³/mol. The summed E-state index contributed by atoms with van der Waals surface area (Å²) in [5, 5.41) is 3.04. The van der Waals surface area contributed by atoms with Gasteiger partial charge in [0.05, 0.1) is 12.6 Å². The first-order valence-electron chi connectivity index (χ1n) is 9.75. The van der Waals surface area contributed by atoms with Crippen LogP contribution in [0.25, 0.3) is 0 Å². The van der Waals surface area contributed by atoms with Crippen LogP contribution in [0.2, 0.25) is 0 Å². The summed E-state index contributed by atoms with van der Waals surface area (Å²) in [5.74, 6) is 0.869. The first-order chi connectivity index (χ1) is 11.2. The fourth-order valence-electron chi connectivity index (χ4n) is 4.13. The highest BCUT2D eigenvalue weighted by Gasteiger charge is 2.25. The summed E-state index contributed by atoms with van der Waals surface area (Å²) < 4.78 is 5.89. The lowest BCUT2D eigenvalue weighted by atomic mass is 9.85. The molecule has 0 aromatic heterocycles. The van der Waals surface area contributed by atoms with E-state index < -0.39 is 0 Å². The zero-order valence-corrected chi connectivity index (χ0v) is 15.2. The van der Waals surface area contributed by atoms with Crippen LogP contribution in [0, 0.1) is 5.92 Å². The van der Waals surface area contributed by atoms with E-state index in [2.05, 4.69) is 24.2 Å². The smallest absolute Gasteiger partial charge is 0.234 e. The van der Waals surface area contributed by atoms with Gasteiger partial charge >= 0.3 is 0 Å². The molecule has 0 radical (unpaired) electrons. The molecule has 0 aromatic carbocycles. The molecule has 2 saturated carbocycles. The van der Waals surface area contributed by atoms with E-state index >= 15 is 0 Å². The quantitative estimate of drug-likeness (QED) is 0.696. The number of rotatable bonds is 8. The average molecular weight is 325 g/mol. The van der Waals surface area contributed by atoms with Crippen LogP contribution in [0.3, 0.4) is 0 Å². The number of nitrogens with one attached hydrogen (secondary N) is 1. The summed E-state index contributed by atoms with van der Waals surface area (Å²) in [7, 11) is 2.10. The van der Waals surface area contributed by atoms with Gasteiger partial charge in [0, 0.05) is 19.2 Å². The lowest BCUT2D eigenvalue weighted by molar-refractivity contribution is -0.122. The first-order valence-corrected chi connectivity index (χ1v) is 9.75. The topological polar surface area (TPSA) is 41.6 Å². The molecule has 2 rings (SSSR count). The van der Waals surface area contributed by atoms with Crippen LogP contribution in [0.5, 0.6) is 0 Å². The standard InChI is InChI=1S/C19H36N2O2/c1-16-9-6-7-12-18(16)21(2)15-19(22)20-13-8-14-23-17-10-4-3-5-11-17/h16-18H,3-15H2,1-2H3,(H,20,22). The van der Waals surface area contributed by atoms with E-state index in [0.717, 1.165) is 19.6 Å². The minimum absolute atomic E-state index is 0.155. The number of hydrogen-bond acceptors (Lipinski definition) is 3. The number of carbonyl (C=O) groups is 1. The van der Waals surface area contributed by atoms with E-state index in [-0.39, 0.29) is 5.91 Å². The van der Waals surface area contributed by atoms with Gasteiger partial charge in [-0.25, -0.2) is 0 Å². The van der Waals surface area contributed by atoms with Crippen molar-refractivity contribution in [2.45, 2.75) is 83.3 Å². The van der Waals surface area contributed by atoms with Gasteiger partial charge in [-0.15, -0.1) is 0 Å². The monoisotopic (exact) mass is 324 g/mol. The van der Waals surface area contributed by atoms with E-state index in [1.165, 1.54) is 57.8 Å². The summed E-state index contributed by atoms with van der Waals surface area (Å²) in [5.41, 5.74) is 0. The number of amides is 1. The zero-order valence-electron chi connectivity index (χ0n) is 15.2. The molecule has 4 heteroatoms. The summed E-state index contributed by atoms with van der Waals surface area (Å²) in [6.45, 7) is 4.36. The van der Waals surface area contributed by atoms with Crippen LogP contribution < -0.4 is 5.32 Å². The average Bonchev–Trinajstić information content (AvgIpc) is 2.56. The molecule has 4 nitrogen and oxygen atoms in total. The maximum atomic E-state index is 12.1. The Morgan fingerprint density at radius 2 is 1.78 bits per heavy atom. The van der Waals surface area contributed by atoms with Gasteiger partial charge in [0.25, 0.3) is 0 Å². The number of nitrogens with zero attached hydrogens (tertiary/aromatic N) is 1. The highest BCUT2D eigenvalue weighted by Crippen LogP contribution is 2.27. The summed E-state index contributed by atoms with van der Waals surface area (Å²) in [6, 6.07) is 0.573. The molecule has 0 aliphatic heterocycles. The van der Waals surface area contributed by atoms with Crippen molar-refractivity contribution in [3.05, 3.63) is 0 Å². The van der Waals surface area contributed by atoms with Crippen molar-refractivity contribution in [3.63, 3.8) is 0 Å². The molecule has 2 unspecified atom stereocenters. The van der Waals surface area contributed by atoms with Gasteiger partial charge in [-0.2, -0.15) is 0 Å². The maximum Gasteiger partial charge on any atom is 0.234 e. The molecule has 0 saturated heterocycles. The molecule has 0 heterocycles. The molecule has 1 N–H and O–H groups in total. The number of likely N-dealkylation sites (N-methyl/N-ethyl adjacent to an activating group) is 1. The van der Waals surface area contributed by atoms with Crippen molar-refractivity contribution in [2.75, 3.05) is 26.7 Å². The maximum absolute atomic E-state index is 12.1.